The highest BCUT2D eigenvalue weighted by atomic mass is 16.7. The summed E-state index contributed by atoms with van der Waals surface area (Å²) in [7, 11) is 1.31. The molecule has 2 aliphatic rings. The summed E-state index contributed by atoms with van der Waals surface area (Å²) in [5, 5.41) is 7.68. The molecule has 1 aromatic rings. The van der Waals surface area contributed by atoms with E-state index in [1.807, 2.05) is 0 Å². The van der Waals surface area contributed by atoms with Crippen molar-refractivity contribution in [3.63, 3.8) is 0 Å². The number of carbonyl (C=O) groups is 2. The number of methoxy groups -OCH3 is 1. The monoisotopic (exact) mass is 297 g/mol. The van der Waals surface area contributed by atoms with Crippen LogP contribution in [0.25, 0.3) is 0 Å². The summed E-state index contributed by atoms with van der Waals surface area (Å²) in [6, 6.07) is 0. The Bertz CT molecular complexity index is 545. The first-order valence-electron chi connectivity index (χ1n) is 6.53. The molecule has 9 nitrogen and oxygen atoms in total. The Labute approximate surface area is 120 Å². The fourth-order valence-corrected chi connectivity index (χ4v) is 2.25. The second-order valence-electron chi connectivity index (χ2n) is 4.84. The van der Waals surface area contributed by atoms with Gasteiger partial charge in [-0.25, -0.2) is 4.68 Å². The van der Waals surface area contributed by atoms with Gasteiger partial charge in [-0.05, 0) is 0 Å². The zero-order chi connectivity index (χ0) is 14.8. The Hall–Kier alpha value is -1.84. The zero-order valence-corrected chi connectivity index (χ0v) is 11.4. The number of Topliss-reactive ketones (excluding diaryl/α,β-unsaturated/α-hetero) is 1. The van der Waals surface area contributed by atoms with Crippen molar-refractivity contribution >= 4 is 11.8 Å². The maximum Gasteiger partial charge on any atom is 0.327 e. The number of hydrogen-bond donors (Lipinski definition) is 0. The molecule has 1 aromatic heterocycles. The molecule has 0 aromatic carbocycles. The molecule has 0 amide bonds. The minimum absolute atomic E-state index is 0.00727. The Morgan fingerprint density at radius 3 is 3.24 bits per heavy atom. The van der Waals surface area contributed by atoms with E-state index < -0.39 is 12.3 Å². The van der Waals surface area contributed by atoms with E-state index in [9.17, 15) is 9.59 Å². The van der Waals surface area contributed by atoms with Crippen LogP contribution in [0, 0.1) is 0 Å². The number of esters is 1. The molecular formula is C12H15N3O6. The van der Waals surface area contributed by atoms with Crippen LogP contribution in [0.3, 0.4) is 0 Å². The van der Waals surface area contributed by atoms with Gasteiger partial charge in [0.1, 0.15) is 18.3 Å². The first-order chi connectivity index (χ1) is 10.2. The van der Waals surface area contributed by atoms with Gasteiger partial charge in [0.2, 0.25) is 6.29 Å². The minimum atomic E-state index is -0.726. The van der Waals surface area contributed by atoms with Crippen LogP contribution in [-0.4, -0.2) is 59.0 Å². The number of ketones is 1. The van der Waals surface area contributed by atoms with E-state index in [2.05, 4.69) is 15.0 Å². The van der Waals surface area contributed by atoms with E-state index in [4.69, 9.17) is 14.2 Å². The molecule has 0 saturated carbocycles. The van der Waals surface area contributed by atoms with E-state index in [0.717, 1.165) is 0 Å². The van der Waals surface area contributed by atoms with Crippen molar-refractivity contribution in [2.24, 2.45) is 0 Å². The predicted octanol–water partition coefficient (Wildman–Crippen LogP) is -0.949. The van der Waals surface area contributed by atoms with Gasteiger partial charge >= 0.3 is 5.97 Å². The van der Waals surface area contributed by atoms with E-state index in [0.29, 0.717) is 12.3 Å². The first kappa shape index (κ1) is 14.1. The third-order valence-corrected chi connectivity index (χ3v) is 3.34. The van der Waals surface area contributed by atoms with E-state index in [1.54, 1.807) is 6.20 Å². The third-order valence-electron chi connectivity index (χ3n) is 3.34. The minimum Gasteiger partial charge on any atom is -0.468 e. The van der Waals surface area contributed by atoms with E-state index in [-0.39, 0.29) is 37.6 Å². The number of rotatable bonds is 5. The summed E-state index contributed by atoms with van der Waals surface area (Å²) >= 11 is 0. The molecular weight excluding hydrogens is 282 g/mol. The molecule has 2 fully saturated rings. The fourth-order valence-electron chi connectivity index (χ4n) is 2.25. The molecule has 2 saturated heterocycles. The lowest BCUT2D eigenvalue weighted by molar-refractivity contribution is -0.168. The van der Waals surface area contributed by atoms with Crippen molar-refractivity contribution in [3.05, 3.63) is 11.9 Å². The molecule has 0 aliphatic carbocycles. The zero-order valence-electron chi connectivity index (χ0n) is 11.4. The lowest BCUT2D eigenvalue weighted by Gasteiger charge is -2.25. The van der Waals surface area contributed by atoms with Gasteiger partial charge in [-0.1, -0.05) is 5.21 Å². The SMILES string of the molecule is COC(=O)Cn1cc(CO[C@H]2CC(=O)[C@@H]3OC[C@H]2O3)nn1. The largest absolute Gasteiger partial charge is 0.468 e. The van der Waals surface area contributed by atoms with Crippen LogP contribution in [0.2, 0.25) is 0 Å². The summed E-state index contributed by atoms with van der Waals surface area (Å²) in [6.45, 7) is 0.534. The number of aromatic nitrogens is 3. The molecule has 3 heterocycles. The molecule has 114 valence electrons. The van der Waals surface area contributed by atoms with Gasteiger partial charge in [0.05, 0.1) is 32.6 Å². The topological polar surface area (TPSA) is 102 Å². The highest BCUT2D eigenvalue weighted by molar-refractivity contribution is 5.83. The Morgan fingerprint density at radius 1 is 1.57 bits per heavy atom. The number of fused-ring (bicyclic) bond motifs is 2. The van der Waals surface area contributed by atoms with Crippen LogP contribution >= 0.6 is 0 Å². The molecule has 2 aliphatic heterocycles. The molecule has 3 atom stereocenters. The quantitative estimate of drug-likeness (QED) is 0.641. The molecule has 3 rings (SSSR count). The Kier molecular flexibility index (Phi) is 3.95. The summed E-state index contributed by atoms with van der Waals surface area (Å²) in [5.74, 6) is -0.518. The maximum atomic E-state index is 11.6. The maximum absolute atomic E-state index is 11.6. The van der Waals surface area contributed by atoms with Crippen LogP contribution in [0.5, 0.6) is 0 Å². The Balaban J connectivity index is 1.53. The van der Waals surface area contributed by atoms with Crippen molar-refractivity contribution in [1.82, 2.24) is 15.0 Å². The summed E-state index contributed by atoms with van der Waals surface area (Å²) in [5.41, 5.74) is 0.562. The van der Waals surface area contributed by atoms with Gasteiger partial charge in [0, 0.05) is 6.42 Å². The summed E-state index contributed by atoms with van der Waals surface area (Å²) in [6.07, 6.45) is 0.567. The third kappa shape index (κ3) is 3.09. The van der Waals surface area contributed by atoms with Gasteiger partial charge in [0.25, 0.3) is 0 Å². The highest BCUT2D eigenvalue weighted by Crippen LogP contribution is 2.27. The van der Waals surface area contributed by atoms with Crippen molar-refractivity contribution in [3.8, 4) is 0 Å². The number of nitrogens with zero attached hydrogens (tertiary/aromatic N) is 3. The second-order valence-corrected chi connectivity index (χ2v) is 4.84. The highest BCUT2D eigenvalue weighted by Gasteiger charge is 2.43. The van der Waals surface area contributed by atoms with Crippen LogP contribution in [0.1, 0.15) is 12.1 Å². The number of ether oxygens (including phenoxy) is 4. The smallest absolute Gasteiger partial charge is 0.327 e. The number of carbonyl (C=O) groups excluding carboxylic acids is 2. The fraction of sp³-hybridized carbons (Fsp3) is 0.667. The lowest BCUT2D eigenvalue weighted by atomic mass is 10.1. The van der Waals surface area contributed by atoms with Crippen molar-refractivity contribution in [2.45, 2.75) is 38.1 Å². The molecule has 0 spiro atoms. The molecule has 2 bridgehead atoms. The lowest BCUT2D eigenvalue weighted by Crippen LogP contribution is -2.40. The van der Waals surface area contributed by atoms with Crippen LogP contribution < -0.4 is 0 Å². The van der Waals surface area contributed by atoms with Crippen molar-refractivity contribution < 1.29 is 28.5 Å². The van der Waals surface area contributed by atoms with Crippen molar-refractivity contribution in [2.75, 3.05) is 13.7 Å². The predicted molar refractivity (Wildman–Crippen MR) is 64.9 cm³/mol. The van der Waals surface area contributed by atoms with Crippen molar-refractivity contribution in [1.29, 1.82) is 0 Å². The van der Waals surface area contributed by atoms with Gasteiger partial charge in [0.15, 0.2) is 5.78 Å². The molecule has 9 heteroatoms. The number of hydrogen-bond acceptors (Lipinski definition) is 8. The Morgan fingerprint density at radius 2 is 2.43 bits per heavy atom. The van der Waals surface area contributed by atoms with Crippen LogP contribution in [0.15, 0.2) is 6.20 Å². The van der Waals surface area contributed by atoms with Gasteiger partial charge in [-0.2, -0.15) is 0 Å². The van der Waals surface area contributed by atoms with Crippen LogP contribution in [0.4, 0.5) is 0 Å². The standard InChI is InChI=1S/C12H15N3O6/c1-18-11(17)4-15-3-7(13-14-15)5-19-9-2-8(16)12-20-6-10(9)21-12/h3,9-10,12H,2,4-6H2,1H3/t9-,10+,12+/m0/s1. The molecule has 0 unspecified atom stereocenters. The molecule has 21 heavy (non-hydrogen) atoms. The first-order valence-corrected chi connectivity index (χ1v) is 6.53. The summed E-state index contributed by atoms with van der Waals surface area (Å²) in [4.78, 5) is 22.7. The summed E-state index contributed by atoms with van der Waals surface area (Å²) < 4.78 is 22.1. The van der Waals surface area contributed by atoms with Gasteiger partial charge < -0.3 is 18.9 Å². The van der Waals surface area contributed by atoms with Gasteiger partial charge in [-0.15, -0.1) is 5.10 Å². The van der Waals surface area contributed by atoms with Gasteiger partial charge in [-0.3, -0.25) is 9.59 Å². The normalized spacial score (nSPS) is 27.9. The molecule has 0 N–H and O–H groups in total. The van der Waals surface area contributed by atoms with Crippen LogP contribution in [-0.2, 0) is 41.7 Å². The van der Waals surface area contributed by atoms with E-state index in [1.165, 1.54) is 11.8 Å². The molecule has 0 radical (unpaired) electrons. The second kappa shape index (κ2) is 5.88. The average Bonchev–Trinajstić information content (AvgIpc) is 3.09. The average molecular weight is 297 g/mol. The van der Waals surface area contributed by atoms with E-state index >= 15 is 0 Å².